The van der Waals surface area contributed by atoms with Gasteiger partial charge in [-0.2, -0.15) is 0 Å². The van der Waals surface area contributed by atoms with E-state index >= 15 is 0 Å². The largest absolute Gasteiger partial charge is 0.756 e. The average Bonchev–Trinajstić information content (AvgIpc) is 2.14. The van der Waals surface area contributed by atoms with Gasteiger partial charge in [-0.15, -0.1) is 0 Å². The molecular weight excluding hydrogens is 1160 g/mol. The molecule has 92 heavy (non-hydrogen) atoms. The summed E-state index contributed by atoms with van der Waals surface area (Å²) >= 11 is 0. The number of phosphoric acid groups is 1. The van der Waals surface area contributed by atoms with Crippen LogP contribution in [0.15, 0.2) is 60.8 Å². The molecule has 0 aromatic carbocycles. The maximum Gasteiger partial charge on any atom is 0.306 e. The fourth-order valence-electron chi connectivity index (χ4n) is 11.9. The quantitative estimate of drug-likeness (QED) is 0.0195. The third-order valence-corrected chi connectivity index (χ3v) is 19.0. The van der Waals surface area contributed by atoms with Crippen LogP contribution in [0, 0.1) is 0 Å². The van der Waals surface area contributed by atoms with Crippen molar-refractivity contribution in [3.8, 4) is 0 Å². The summed E-state index contributed by atoms with van der Waals surface area (Å²) in [6.45, 7) is 4.20. The summed E-state index contributed by atoms with van der Waals surface area (Å²) in [5.74, 6) is -0.809. The van der Waals surface area contributed by atoms with Gasteiger partial charge in [0.15, 0.2) is 6.10 Å². The van der Waals surface area contributed by atoms with E-state index in [1.165, 1.54) is 308 Å². The van der Waals surface area contributed by atoms with Gasteiger partial charge in [0.05, 0.1) is 27.7 Å². The van der Waals surface area contributed by atoms with Crippen LogP contribution in [0.2, 0.25) is 0 Å². The second kappa shape index (κ2) is 73.0. The number of hydrogen-bond donors (Lipinski definition) is 0. The van der Waals surface area contributed by atoms with Gasteiger partial charge in [0.1, 0.15) is 19.8 Å². The van der Waals surface area contributed by atoms with Crippen molar-refractivity contribution in [2.75, 3.05) is 47.5 Å². The van der Waals surface area contributed by atoms with E-state index < -0.39 is 26.5 Å². The van der Waals surface area contributed by atoms with Crippen LogP contribution in [0.4, 0.5) is 0 Å². The lowest BCUT2D eigenvalue weighted by Gasteiger charge is -2.28. The molecule has 0 saturated heterocycles. The van der Waals surface area contributed by atoms with Gasteiger partial charge in [0, 0.05) is 12.8 Å². The Morgan fingerprint density at radius 3 is 0.935 bits per heavy atom. The Hall–Kier alpha value is -2.29. The van der Waals surface area contributed by atoms with Gasteiger partial charge in [-0.3, -0.25) is 14.2 Å². The smallest absolute Gasteiger partial charge is 0.306 e. The first-order valence-electron chi connectivity index (χ1n) is 40.0. The zero-order valence-electron chi connectivity index (χ0n) is 61.8. The summed E-state index contributed by atoms with van der Waals surface area (Å²) < 4.78 is 34.4. The van der Waals surface area contributed by atoms with Crippen molar-refractivity contribution < 1.29 is 42.1 Å². The van der Waals surface area contributed by atoms with Gasteiger partial charge >= 0.3 is 11.9 Å². The summed E-state index contributed by atoms with van der Waals surface area (Å²) in [4.78, 5) is 38.2. The van der Waals surface area contributed by atoms with E-state index in [9.17, 15) is 19.0 Å². The van der Waals surface area contributed by atoms with E-state index in [4.69, 9.17) is 18.5 Å². The number of unbranched alkanes of at least 4 members (excludes halogenated alkanes) is 51. The molecule has 2 atom stereocenters. The van der Waals surface area contributed by atoms with Crippen molar-refractivity contribution in [3.05, 3.63) is 60.8 Å². The van der Waals surface area contributed by atoms with Gasteiger partial charge in [-0.1, -0.05) is 370 Å². The average molecular weight is 1310 g/mol. The van der Waals surface area contributed by atoms with Crippen molar-refractivity contribution in [2.24, 2.45) is 0 Å². The normalized spacial score (nSPS) is 13.3. The lowest BCUT2D eigenvalue weighted by molar-refractivity contribution is -0.870. The summed E-state index contributed by atoms with van der Waals surface area (Å²) in [5.41, 5.74) is 0. The molecule has 0 saturated carbocycles. The van der Waals surface area contributed by atoms with Crippen LogP contribution in [0.25, 0.3) is 0 Å². The number of nitrogens with zero attached hydrogens (tertiary/aromatic N) is 1. The Bertz CT molecular complexity index is 1740. The summed E-state index contributed by atoms with van der Waals surface area (Å²) in [6.07, 6.45) is 97.8. The highest BCUT2D eigenvalue weighted by Crippen LogP contribution is 2.38. The highest BCUT2D eigenvalue weighted by atomic mass is 31.2. The van der Waals surface area contributed by atoms with E-state index in [0.717, 1.165) is 57.8 Å². The molecule has 0 aliphatic carbocycles. The number of carbonyl (C=O) groups is 2. The Morgan fingerprint density at radius 2 is 0.620 bits per heavy atom. The maximum atomic E-state index is 12.9. The standard InChI is InChI=1S/C82H154NO8P/c1-6-8-10-12-14-16-18-20-22-24-26-28-30-32-34-36-38-40-41-43-45-47-49-51-53-55-57-59-61-63-65-67-69-71-73-75-82(85)91-80(79-90-92(86,87)89-77-76-83(3,4)5)78-88-81(84)74-72-70-68-66-64-62-60-58-56-54-52-50-48-46-44-42-39-37-35-33-31-29-27-25-23-21-19-17-15-13-11-9-7-2/h8,10,14,16,20,22,25-28,80H,6-7,9,11-13,15,17-19,21,23-24,29-79H2,1-5H3/b10-8-,16-14-,22-20-,27-25-,28-26-. The van der Waals surface area contributed by atoms with Crippen LogP contribution in [-0.4, -0.2) is 70.0 Å². The second-order valence-corrected chi connectivity index (χ2v) is 29.8. The fraction of sp³-hybridized carbons (Fsp3) is 0.854. The molecule has 0 N–H and O–H groups in total. The minimum atomic E-state index is -4.64. The molecule has 540 valence electrons. The van der Waals surface area contributed by atoms with Crippen LogP contribution in [0.1, 0.15) is 399 Å². The van der Waals surface area contributed by atoms with Gasteiger partial charge in [0.2, 0.25) is 0 Å². The highest BCUT2D eigenvalue weighted by molar-refractivity contribution is 7.45. The van der Waals surface area contributed by atoms with Crippen molar-refractivity contribution in [1.82, 2.24) is 0 Å². The van der Waals surface area contributed by atoms with Crippen LogP contribution in [0.3, 0.4) is 0 Å². The van der Waals surface area contributed by atoms with Crippen LogP contribution in [-0.2, 0) is 32.7 Å². The van der Waals surface area contributed by atoms with E-state index in [1.807, 2.05) is 21.1 Å². The Kier molecular flexibility index (Phi) is 71.2. The molecule has 0 spiro atoms. The molecule has 0 aromatic rings. The van der Waals surface area contributed by atoms with Gasteiger partial charge < -0.3 is 27.9 Å². The molecule has 2 unspecified atom stereocenters. The Labute approximate surface area is 572 Å². The number of hydrogen-bond acceptors (Lipinski definition) is 8. The number of carbonyl (C=O) groups excluding carboxylic acids is 2. The first-order valence-corrected chi connectivity index (χ1v) is 41.5. The SMILES string of the molecule is CC/C=C\C/C=C\C/C=C\C/C=C\CCCCCCCCCCCCCCCCCCCCCCCCC(=O)OC(COC(=O)CCCCCCCCCCCCCCCCCCCCCCC/C=C\CCCCCCCCCC)COP(=O)([O-])OCC[N+](C)(C)C. The second-order valence-electron chi connectivity index (χ2n) is 28.4. The molecular formula is C82H154NO8P. The number of allylic oxidation sites excluding steroid dienone is 10. The van der Waals surface area contributed by atoms with Crippen LogP contribution in [0.5, 0.6) is 0 Å². The third-order valence-electron chi connectivity index (χ3n) is 18.0. The van der Waals surface area contributed by atoms with E-state index in [2.05, 4.69) is 74.6 Å². The topological polar surface area (TPSA) is 111 Å². The van der Waals surface area contributed by atoms with Gasteiger partial charge in [-0.25, -0.2) is 0 Å². The number of rotatable bonds is 75. The summed E-state index contributed by atoms with van der Waals surface area (Å²) in [7, 11) is 1.19. The molecule has 10 heteroatoms. The molecule has 0 aromatic heterocycles. The number of likely N-dealkylation sites (N-methyl/N-ethyl adjacent to an activating group) is 1. The molecule has 0 aliphatic rings. The van der Waals surface area contributed by atoms with E-state index in [1.54, 1.807) is 0 Å². The van der Waals surface area contributed by atoms with Gasteiger partial charge in [0.25, 0.3) is 7.82 Å². The number of quaternary nitrogens is 1. The highest BCUT2D eigenvalue weighted by Gasteiger charge is 2.22. The number of ether oxygens (including phenoxy) is 2. The molecule has 9 nitrogen and oxygen atoms in total. The minimum Gasteiger partial charge on any atom is -0.756 e. The van der Waals surface area contributed by atoms with Gasteiger partial charge in [-0.05, 0) is 77.0 Å². The minimum absolute atomic E-state index is 0.0283. The predicted molar refractivity (Wildman–Crippen MR) is 397 cm³/mol. The first kappa shape index (κ1) is 89.7. The monoisotopic (exact) mass is 1310 g/mol. The number of phosphoric ester groups is 1. The Balaban J connectivity index is 3.91. The Morgan fingerprint density at radius 1 is 0.348 bits per heavy atom. The predicted octanol–water partition coefficient (Wildman–Crippen LogP) is 25.9. The zero-order chi connectivity index (χ0) is 66.9. The van der Waals surface area contributed by atoms with Crippen molar-refractivity contribution in [2.45, 2.75) is 405 Å². The summed E-state index contributed by atoms with van der Waals surface area (Å²) in [5, 5.41) is 0. The molecule has 0 heterocycles. The molecule has 0 aliphatic heterocycles. The molecule has 0 rings (SSSR count). The molecule has 0 fully saturated rings. The van der Waals surface area contributed by atoms with Crippen molar-refractivity contribution in [1.29, 1.82) is 0 Å². The lowest BCUT2D eigenvalue weighted by Crippen LogP contribution is -2.37. The lowest BCUT2D eigenvalue weighted by atomic mass is 10.0. The first-order chi connectivity index (χ1) is 45.0. The maximum absolute atomic E-state index is 12.9. The van der Waals surface area contributed by atoms with Crippen LogP contribution < -0.4 is 4.89 Å². The van der Waals surface area contributed by atoms with E-state index in [0.29, 0.717) is 17.4 Å². The molecule has 0 amide bonds. The fourth-order valence-corrected chi connectivity index (χ4v) is 12.7. The van der Waals surface area contributed by atoms with E-state index in [-0.39, 0.29) is 32.0 Å². The van der Waals surface area contributed by atoms with Crippen molar-refractivity contribution >= 4 is 19.8 Å². The number of esters is 2. The van der Waals surface area contributed by atoms with Crippen LogP contribution >= 0.6 is 7.82 Å². The van der Waals surface area contributed by atoms with Crippen molar-refractivity contribution in [3.63, 3.8) is 0 Å². The molecule has 0 bridgehead atoms. The molecule has 0 radical (unpaired) electrons. The zero-order valence-corrected chi connectivity index (χ0v) is 62.7. The summed E-state index contributed by atoms with van der Waals surface area (Å²) in [6, 6.07) is 0. The third kappa shape index (κ3) is 76.7.